The molecule has 8 nitrogen and oxygen atoms in total. The summed E-state index contributed by atoms with van der Waals surface area (Å²) in [5.41, 5.74) is 2.04. The zero-order valence-corrected chi connectivity index (χ0v) is 24.4. The third-order valence-corrected chi connectivity index (χ3v) is 6.64. The molecular formula is C31H30BrFN4O4. The minimum Gasteiger partial charge on any atom is -0.493 e. The van der Waals surface area contributed by atoms with Crippen LogP contribution in [0, 0.1) is 5.82 Å². The van der Waals surface area contributed by atoms with Gasteiger partial charge in [0, 0.05) is 22.1 Å². The Morgan fingerprint density at radius 2 is 2.05 bits per heavy atom. The number of nitrogens with zero attached hydrogens (tertiary/aromatic N) is 3. The predicted octanol–water partition coefficient (Wildman–Crippen LogP) is 6.28. The first-order chi connectivity index (χ1) is 19.8. The Morgan fingerprint density at radius 1 is 1.22 bits per heavy atom. The molecule has 0 saturated carbocycles. The maximum atomic E-state index is 13.5. The molecule has 1 aromatic heterocycles. The lowest BCUT2D eigenvalue weighted by atomic mass is 10.1. The number of benzene rings is 3. The number of methoxy groups -OCH3 is 1. The first-order valence-corrected chi connectivity index (χ1v) is 13.9. The molecule has 41 heavy (non-hydrogen) atoms. The monoisotopic (exact) mass is 620 g/mol. The van der Waals surface area contributed by atoms with Crippen LogP contribution in [-0.4, -0.2) is 35.5 Å². The molecule has 3 aromatic carbocycles. The molecule has 0 saturated heterocycles. The van der Waals surface area contributed by atoms with Crippen molar-refractivity contribution in [3.05, 3.63) is 105 Å². The zero-order valence-electron chi connectivity index (χ0n) is 22.8. The molecule has 0 radical (unpaired) electrons. The third kappa shape index (κ3) is 7.46. The summed E-state index contributed by atoms with van der Waals surface area (Å²) in [6, 6.07) is 14.5. The van der Waals surface area contributed by atoms with E-state index in [2.05, 4.69) is 39.9 Å². The Kier molecular flexibility index (Phi) is 10.0. The zero-order chi connectivity index (χ0) is 29.4. The van der Waals surface area contributed by atoms with Crippen LogP contribution in [0.15, 0.2) is 81.6 Å². The number of anilines is 1. The average molecular weight is 622 g/mol. The smallest absolute Gasteiger partial charge is 0.282 e. The lowest BCUT2D eigenvalue weighted by Gasteiger charge is -2.16. The van der Waals surface area contributed by atoms with Gasteiger partial charge in [0.15, 0.2) is 18.1 Å². The molecule has 4 rings (SSSR count). The Bertz CT molecular complexity index is 1670. The largest absolute Gasteiger partial charge is 0.493 e. The number of carbonyl (C=O) groups excluding carboxylic acids is 1. The molecule has 212 valence electrons. The Balaban J connectivity index is 1.64. The molecule has 0 aliphatic heterocycles. The molecule has 1 amide bonds. The number of carbonyl (C=O) groups is 1. The molecule has 0 atom stereocenters. The number of halogens is 2. The fourth-order valence-electron chi connectivity index (χ4n) is 4.22. The number of hydrogen-bond acceptors (Lipinski definition) is 6. The summed E-state index contributed by atoms with van der Waals surface area (Å²) in [5, 5.41) is 7.59. The lowest BCUT2D eigenvalue weighted by Crippen LogP contribution is -2.22. The molecular weight excluding hydrogens is 591 g/mol. The topological polar surface area (TPSA) is 94.8 Å². The van der Waals surface area contributed by atoms with Gasteiger partial charge in [-0.25, -0.2) is 9.37 Å². The maximum absolute atomic E-state index is 13.5. The van der Waals surface area contributed by atoms with E-state index in [4.69, 9.17) is 14.5 Å². The number of hydrogen-bond donors (Lipinski definition) is 1. The van der Waals surface area contributed by atoms with Gasteiger partial charge >= 0.3 is 0 Å². The maximum Gasteiger partial charge on any atom is 0.282 e. The van der Waals surface area contributed by atoms with Crippen molar-refractivity contribution in [3.63, 3.8) is 0 Å². The summed E-state index contributed by atoms with van der Waals surface area (Å²) in [4.78, 5) is 30.6. The fourth-order valence-corrected chi connectivity index (χ4v) is 4.58. The first-order valence-electron chi connectivity index (χ1n) is 13.1. The minimum atomic E-state index is -0.456. The molecule has 0 aliphatic carbocycles. The van der Waals surface area contributed by atoms with Gasteiger partial charge in [0.1, 0.15) is 11.6 Å². The standard InChI is InChI=1S/C31H30BrFN4O4/c1-4-6-11-28-36-26-13-12-22(32)16-25(26)31(39)37(28)34-18-20-14-21(8-5-2)30(27(15-20)40-3)41-19-29(38)35-24-10-7-9-23(33)17-24/h5,7,9-10,12-18H,2,4,6,8,11,19H2,1,3H3,(H,35,38). The number of allylic oxidation sites excluding steroid dienone is 1. The van der Waals surface area contributed by atoms with Crippen LogP contribution in [0.1, 0.15) is 36.7 Å². The highest BCUT2D eigenvalue weighted by atomic mass is 79.9. The molecule has 1 heterocycles. The van der Waals surface area contributed by atoms with Crippen LogP contribution in [0.4, 0.5) is 10.1 Å². The second-order valence-electron chi connectivity index (χ2n) is 9.21. The van der Waals surface area contributed by atoms with E-state index in [0.29, 0.717) is 57.9 Å². The van der Waals surface area contributed by atoms with Gasteiger partial charge in [0.25, 0.3) is 11.5 Å². The Morgan fingerprint density at radius 3 is 2.78 bits per heavy atom. The van der Waals surface area contributed by atoms with Crippen molar-refractivity contribution in [2.75, 3.05) is 19.0 Å². The number of rotatable bonds is 12. The Labute approximate surface area is 245 Å². The molecule has 0 bridgehead atoms. The van der Waals surface area contributed by atoms with Gasteiger partial charge in [-0.3, -0.25) is 9.59 Å². The van der Waals surface area contributed by atoms with E-state index < -0.39 is 11.7 Å². The van der Waals surface area contributed by atoms with Gasteiger partial charge in [-0.05, 0) is 66.9 Å². The van der Waals surface area contributed by atoms with E-state index in [1.54, 1.807) is 30.5 Å². The van der Waals surface area contributed by atoms with Crippen molar-refractivity contribution in [2.24, 2.45) is 5.10 Å². The normalized spacial score (nSPS) is 11.1. The van der Waals surface area contributed by atoms with Crippen molar-refractivity contribution in [1.82, 2.24) is 9.66 Å². The Hall–Kier alpha value is -4.31. The minimum absolute atomic E-state index is 0.263. The number of amides is 1. The van der Waals surface area contributed by atoms with Crippen molar-refractivity contribution < 1.29 is 18.7 Å². The lowest BCUT2D eigenvalue weighted by molar-refractivity contribution is -0.118. The number of aryl methyl sites for hydroxylation is 1. The van der Waals surface area contributed by atoms with Crippen molar-refractivity contribution in [3.8, 4) is 11.5 Å². The van der Waals surface area contributed by atoms with Gasteiger partial charge in [0.2, 0.25) is 0 Å². The highest BCUT2D eigenvalue weighted by Gasteiger charge is 2.15. The molecule has 4 aromatic rings. The number of aromatic nitrogens is 2. The van der Waals surface area contributed by atoms with E-state index in [-0.39, 0.29) is 12.2 Å². The van der Waals surface area contributed by atoms with Crippen LogP contribution in [0.25, 0.3) is 10.9 Å². The SMILES string of the molecule is C=CCc1cc(C=Nn2c(CCCC)nc3ccc(Br)cc3c2=O)cc(OC)c1OCC(=O)Nc1cccc(F)c1. The molecule has 1 N–H and O–H groups in total. The molecule has 10 heteroatoms. The van der Waals surface area contributed by atoms with Gasteiger partial charge in [-0.2, -0.15) is 9.78 Å². The van der Waals surface area contributed by atoms with Gasteiger partial charge in [0.05, 0.1) is 24.2 Å². The van der Waals surface area contributed by atoms with E-state index in [1.807, 2.05) is 18.2 Å². The predicted molar refractivity (Wildman–Crippen MR) is 163 cm³/mol. The summed E-state index contributed by atoms with van der Waals surface area (Å²) < 4.78 is 27.0. The number of fused-ring (bicyclic) bond motifs is 1. The average Bonchev–Trinajstić information content (AvgIpc) is 2.95. The summed E-state index contributed by atoms with van der Waals surface area (Å²) in [6.45, 7) is 5.58. The van der Waals surface area contributed by atoms with Crippen LogP contribution in [0.2, 0.25) is 0 Å². The number of ether oxygens (including phenoxy) is 2. The number of unbranched alkanes of at least 4 members (excludes halogenated alkanes) is 1. The van der Waals surface area contributed by atoms with Crippen LogP contribution < -0.4 is 20.3 Å². The van der Waals surface area contributed by atoms with Crippen molar-refractivity contribution in [2.45, 2.75) is 32.6 Å². The fraction of sp³-hybridized carbons (Fsp3) is 0.226. The van der Waals surface area contributed by atoms with Crippen LogP contribution >= 0.6 is 15.9 Å². The number of nitrogens with one attached hydrogen (secondary N) is 1. The van der Waals surface area contributed by atoms with Gasteiger partial charge < -0.3 is 14.8 Å². The molecule has 0 aliphatic rings. The highest BCUT2D eigenvalue weighted by Crippen LogP contribution is 2.33. The van der Waals surface area contributed by atoms with E-state index >= 15 is 0 Å². The van der Waals surface area contributed by atoms with E-state index in [1.165, 1.54) is 30.0 Å². The van der Waals surface area contributed by atoms with Gasteiger partial charge in [-0.15, -0.1) is 6.58 Å². The molecule has 0 unspecified atom stereocenters. The third-order valence-electron chi connectivity index (χ3n) is 6.15. The van der Waals surface area contributed by atoms with E-state index in [9.17, 15) is 14.0 Å². The summed E-state index contributed by atoms with van der Waals surface area (Å²) >= 11 is 3.43. The summed E-state index contributed by atoms with van der Waals surface area (Å²) in [7, 11) is 1.49. The van der Waals surface area contributed by atoms with Crippen LogP contribution in [0.5, 0.6) is 11.5 Å². The second-order valence-corrected chi connectivity index (χ2v) is 10.1. The van der Waals surface area contributed by atoms with Crippen molar-refractivity contribution in [1.29, 1.82) is 0 Å². The quantitative estimate of drug-likeness (QED) is 0.149. The molecule has 0 fully saturated rings. The van der Waals surface area contributed by atoms with Crippen LogP contribution in [-0.2, 0) is 17.6 Å². The summed E-state index contributed by atoms with van der Waals surface area (Å²) in [5.74, 6) is 0.413. The first kappa shape index (κ1) is 29.7. The van der Waals surface area contributed by atoms with Crippen LogP contribution in [0.3, 0.4) is 0 Å². The molecule has 0 spiro atoms. The highest BCUT2D eigenvalue weighted by molar-refractivity contribution is 9.10. The van der Waals surface area contributed by atoms with Gasteiger partial charge in [-0.1, -0.05) is 41.4 Å². The van der Waals surface area contributed by atoms with Crippen molar-refractivity contribution >= 4 is 44.6 Å². The van der Waals surface area contributed by atoms with E-state index in [0.717, 1.165) is 17.3 Å². The second kappa shape index (κ2) is 13.8. The summed E-state index contributed by atoms with van der Waals surface area (Å²) in [6.07, 6.45) is 6.10.